The van der Waals surface area contributed by atoms with Gasteiger partial charge >= 0.3 is 0 Å². The van der Waals surface area contributed by atoms with Crippen molar-refractivity contribution in [1.82, 2.24) is 10.3 Å². The summed E-state index contributed by atoms with van der Waals surface area (Å²) in [5.41, 5.74) is 4.54. The van der Waals surface area contributed by atoms with Crippen molar-refractivity contribution in [3.8, 4) is 28.4 Å². The minimum absolute atomic E-state index is 0.209. The predicted molar refractivity (Wildman–Crippen MR) is 163 cm³/mol. The lowest BCUT2D eigenvalue weighted by molar-refractivity contribution is -0.119. The van der Waals surface area contributed by atoms with E-state index in [2.05, 4.69) is 20.9 Å². The molecule has 10 nitrogen and oxygen atoms in total. The molecule has 42 heavy (non-hydrogen) atoms. The molecule has 0 fully saturated rings. The van der Waals surface area contributed by atoms with Crippen molar-refractivity contribution < 1.29 is 23.8 Å². The molecule has 5 rings (SSSR count). The molecule has 3 aromatic carbocycles. The summed E-state index contributed by atoms with van der Waals surface area (Å²) in [4.78, 5) is 42.1. The molecule has 218 valence electrons. The van der Waals surface area contributed by atoms with E-state index in [4.69, 9.17) is 14.2 Å². The maximum Gasteiger partial charge on any atom is 0.246 e. The first-order chi connectivity index (χ1) is 20.2. The van der Waals surface area contributed by atoms with Crippen LogP contribution in [0.15, 0.2) is 59.5 Å². The summed E-state index contributed by atoms with van der Waals surface area (Å²) in [7, 11) is 4.65. The SMILES string of the molecule is COc1cc2c(c(OC)c1OC)-c1ccc(NC(C)C(=O)Nc3cccc4[nH]ccc34)c(=O)cc1C(NC(C)=O)CC2. The predicted octanol–water partition coefficient (Wildman–Crippen LogP) is 4.78. The van der Waals surface area contributed by atoms with Crippen LogP contribution in [0.3, 0.4) is 0 Å². The number of rotatable bonds is 8. The zero-order chi connectivity index (χ0) is 30.0. The Hall–Kier alpha value is -4.99. The molecule has 0 aliphatic heterocycles. The Labute approximate surface area is 243 Å². The summed E-state index contributed by atoms with van der Waals surface area (Å²) < 4.78 is 17.1. The Morgan fingerprint density at radius 1 is 0.976 bits per heavy atom. The molecule has 1 aliphatic rings. The fraction of sp³-hybridized carbons (Fsp3) is 0.281. The first-order valence-electron chi connectivity index (χ1n) is 13.7. The molecule has 4 N–H and O–H groups in total. The van der Waals surface area contributed by atoms with E-state index in [1.54, 1.807) is 27.2 Å². The molecule has 1 aliphatic carbocycles. The van der Waals surface area contributed by atoms with E-state index in [-0.39, 0.29) is 22.9 Å². The first-order valence-corrected chi connectivity index (χ1v) is 13.7. The number of aromatic amines is 1. The van der Waals surface area contributed by atoms with Crippen molar-refractivity contribution in [2.24, 2.45) is 0 Å². The van der Waals surface area contributed by atoms with Gasteiger partial charge in [-0.15, -0.1) is 0 Å². The third kappa shape index (κ3) is 5.35. The maximum atomic E-state index is 13.6. The number of aryl methyl sites for hydroxylation is 1. The zero-order valence-corrected chi connectivity index (χ0v) is 24.2. The van der Waals surface area contributed by atoms with Crippen LogP contribution in [-0.2, 0) is 16.0 Å². The van der Waals surface area contributed by atoms with Gasteiger partial charge in [0.05, 0.1) is 38.7 Å². The van der Waals surface area contributed by atoms with Crippen molar-refractivity contribution >= 4 is 34.1 Å². The molecule has 0 saturated heterocycles. The van der Waals surface area contributed by atoms with Crippen molar-refractivity contribution in [3.63, 3.8) is 0 Å². The van der Waals surface area contributed by atoms with Gasteiger partial charge in [0.2, 0.25) is 23.0 Å². The number of ether oxygens (including phenoxy) is 3. The van der Waals surface area contributed by atoms with Crippen molar-refractivity contribution in [1.29, 1.82) is 0 Å². The number of carbonyl (C=O) groups is 2. The van der Waals surface area contributed by atoms with Gasteiger partial charge in [-0.2, -0.15) is 0 Å². The highest BCUT2D eigenvalue weighted by molar-refractivity contribution is 6.03. The summed E-state index contributed by atoms with van der Waals surface area (Å²) in [5, 5.41) is 9.92. The van der Waals surface area contributed by atoms with Gasteiger partial charge in [0, 0.05) is 29.6 Å². The minimum Gasteiger partial charge on any atom is -0.493 e. The molecule has 2 amide bonds. The molecule has 0 bridgehead atoms. The number of carbonyl (C=O) groups excluding carboxylic acids is 2. The smallest absolute Gasteiger partial charge is 0.246 e. The standard InChI is InChI=1S/C32H34N4O6/c1-17(32(39)36-24-8-6-7-23-21(24)13-14-33-23)34-26-12-10-20-22(16-27(26)38)25(35-18(2)37)11-9-19-15-28(40-3)30(41-4)31(42-5)29(19)20/h6-8,10,12-17,25,33H,9,11H2,1-5H3,(H,34,38)(H,35,37)(H,36,39). The fourth-order valence-electron chi connectivity index (χ4n) is 5.56. The second-order valence-electron chi connectivity index (χ2n) is 10.2. The second kappa shape index (κ2) is 11.9. The van der Waals surface area contributed by atoms with Crippen LogP contribution in [0.25, 0.3) is 22.0 Å². The van der Waals surface area contributed by atoms with Crippen molar-refractivity contribution in [2.45, 2.75) is 38.8 Å². The number of benzene rings is 2. The van der Waals surface area contributed by atoms with Crippen LogP contribution in [0.1, 0.15) is 37.4 Å². The number of nitrogens with one attached hydrogen (secondary N) is 4. The van der Waals surface area contributed by atoms with Crippen LogP contribution in [0.2, 0.25) is 0 Å². The lowest BCUT2D eigenvalue weighted by Gasteiger charge is -2.19. The Morgan fingerprint density at radius 3 is 2.48 bits per heavy atom. The Morgan fingerprint density at radius 2 is 1.76 bits per heavy atom. The van der Waals surface area contributed by atoms with Crippen LogP contribution >= 0.6 is 0 Å². The fourth-order valence-corrected chi connectivity index (χ4v) is 5.56. The highest BCUT2D eigenvalue weighted by Gasteiger charge is 2.29. The van der Waals surface area contributed by atoms with E-state index < -0.39 is 12.1 Å². The summed E-state index contributed by atoms with van der Waals surface area (Å²) in [6, 6.07) is 13.2. The third-order valence-electron chi connectivity index (χ3n) is 7.53. The van der Waals surface area contributed by atoms with E-state index in [0.717, 1.165) is 22.0 Å². The number of H-pyrrole nitrogens is 1. The molecule has 10 heteroatoms. The number of methoxy groups -OCH3 is 3. The minimum atomic E-state index is -0.730. The maximum absolute atomic E-state index is 13.6. The van der Waals surface area contributed by atoms with Crippen molar-refractivity contribution in [2.75, 3.05) is 32.0 Å². The van der Waals surface area contributed by atoms with E-state index in [1.165, 1.54) is 20.1 Å². The highest BCUT2D eigenvalue weighted by Crippen LogP contribution is 2.50. The summed E-state index contributed by atoms with van der Waals surface area (Å²) in [5.74, 6) is 0.916. The zero-order valence-electron chi connectivity index (χ0n) is 24.2. The monoisotopic (exact) mass is 570 g/mol. The van der Waals surface area contributed by atoms with Gasteiger partial charge in [-0.3, -0.25) is 14.4 Å². The number of hydrogen-bond acceptors (Lipinski definition) is 7. The second-order valence-corrected chi connectivity index (χ2v) is 10.2. The Balaban J connectivity index is 1.56. The first kappa shape index (κ1) is 28.5. The van der Waals surface area contributed by atoms with E-state index in [9.17, 15) is 14.4 Å². The van der Waals surface area contributed by atoms with Crippen LogP contribution in [-0.4, -0.2) is 44.2 Å². The number of anilines is 2. The number of amides is 2. The molecule has 0 radical (unpaired) electrons. The topological polar surface area (TPSA) is 131 Å². The molecule has 1 aromatic heterocycles. The molecule has 1 heterocycles. The number of aromatic nitrogens is 1. The van der Waals surface area contributed by atoms with Crippen LogP contribution < -0.4 is 35.6 Å². The summed E-state index contributed by atoms with van der Waals surface area (Å²) in [6.07, 6.45) is 2.96. The molecule has 0 spiro atoms. The van der Waals surface area contributed by atoms with Gasteiger partial charge in [-0.1, -0.05) is 12.1 Å². The van der Waals surface area contributed by atoms with Crippen LogP contribution in [0.4, 0.5) is 11.4 Å². The van der Waals surface area contributed by atoms with Gasteiger partial charge in [0.25, 0.3) is 0 Å². The molecular weight excluding hydrogens is 536 g/mol. The van der Waals surface area contributed by atoms with Gasteiger partial charge in [-0.25, -0.2) is 0 Å². The van der Waals surface area contributed by atoms with E-state index in [1.807, 2.05) is 42.6 Å². The van der Waals surface area contributed by atoms with Gasteiger partial charge in [0.15, 0.2) is 11.5 Å². The number of fused-ring (bicyclic) bond motifs is 4. The molecule has 0 saturated carbocycles. The van der Waals surface area contributed by atoms with Crippen molar-refractivity contribution in [3.05, 3.63) is 76.1 Å². The summed E-state index contributed by atoms with van der Waals surface area (Å²) in [6.45, 7) is 3.15. The average molecular weight is 571 g/mol. The number of hydrogen-bond donors (Lipinski definition) is 4. The van der Waals surface area contributed by atoms with Gasteiger partial charge in [-0.05, 0) is 72.9 Å². The normalized spacial score (nSPS) is 14.5. The van der Waals surface area contributed by atoms with Gasteiger partial charge in [0.1, 0.15) is 6.04 Å². The lowest BCUT2D eigenvalue weighted by Crippen LogP contribution is -2.33. The molecule has 2 unspecified atom stereocenters. The van der Waals surface area contributed by atoms with Crippen LogP contribution in [0, 0.1) is 0 Å². The quantitative estimate of drug-likeness (QED) is 0.240. The summed E-state index contributed by atoms with van der Waals surface area (Å²) >= 11 is 0. The Kier molecular flexibility index (Phi) is 8.06. The van der Waals surface area contributed by atoms with Crippen LogP contribution in [0.5, 0.6) is 17.2 Å². The third-order valence-corrected chi connectivity index (χ3v) is 7.53. The van der Waals surface area contributed by atoms with E-state index >= 15 is 0 Å². The van der Waals surface area contributed by atoms with Gasteiger partial charge < -0.3 is 35.1 Å². The Bertz CT molecular complexity index is 1730. The highest BCUT2D eigenvalue weighted by atomic mass is 16.5. The average Bonchev–Trinajstić information content (AvgIpc) is 3.35. The largest absolute Gasteiger partial charge is 0.493 e. The van der Waals surface area contributed by atoms with E-state index in [0.29, 0.717) is 46.9 Å². The molecule has 2 atom stereocenters. The lowest BCUT2D eigenvalue weighted by atomic mass is 9.95. The molecular formula is C32H34N4O6. The molecule has 4 aromatic rings.